The number of nitro groups is 1. The molecule has 1 saturated carbocycles. The van der Waals surface area contributed by atoms with Crippen molar-refractivity contribution in [2.24, 2.45) is 5.10 Å². The maximum absolute atomic E-state index is 13.6. The van der Waals surface area contributed by atoms with Crippen LogP contribution < -0.4 is 15.0 Å². The minimum atomic E-state index is -0.436. The molecule has 1 aliphatic rings. The Hall–Kier alpha value is -3.57. The monoisotopic (exact) mass is 682 g/mol. The topological polar surface area (TPSA) is 109 Å². The van der Waals surface area contributed by atoms with E-state index in [4.69, 9.17) is 14.5 Å². The van der Waals surface area contributed by atoms with Crippen molar-refractivity contribution in [2.75, 3.05) is 6.61 Å². The first-order chi connectivity index (χ1) is 19.8. The van der Waals surface area contributed by atoms with E-state index in [1.165, 1.54) is 23.2 Å². The summed E-state index contributed by atoms with van der Waals surface area (Å²) in [6.45, 7) is 2.50. The summed E-state index contributed by atoms with van der Waals surface area (Å²) in [6.07, 6.45) is 6.98. The second-order valence-electron chi connectivity index (χ2n) is 9.79. The van der Waals surface area contributed by atoms with Gasteiger partial charge < -0.3 is 9.47 Å². The zero-order chi connectivity index (χ0) is 28.9. The van der Waals surface area contributed by atoms with Crippen LogP contribution in [0.25, 0.3) is 10.9 Å². The van der Waals surface area contributed by atoms with E-state index in [0.717, 1.165) is 35.7 Å². The number of non-ortho nitro benzene ring substituents is 1. The number of nitro benzene ring substituents is 1. The van der Waals surface area contributed by atoms with E-state index >= 15 is 0 Å². The molecule has 0 spiro atoms. The number of rotatable bonds is 9. The lowest BCUT2D eigenvalue weighted by Crippen LogP contribution is -2.25. The molecule has 0 unspecified atom stereocenters. The molecule has 0 amide bonds. The van der Waals surface area contributed by atoms with E-state index in [-0.39, 0.29) is 23.8 Å². The van der Waals surface area contributed by atoms with E-state index in [1.807, 2.05) is 19.1 Å². The lowest BCUT2D eigenvalue weighted by atomic mass is 9.88. The molecule has 0 atom stereocenters. The molecule has 0 bridgehead atoms. The molecule has 3 aromatic carbocycles. The van der Waals surface area contributed by atoms with E-state index in [9.17, 15) is 14.9 Å². The maximum atomic E-state index is 13.6. The molecule has 0 aliphatic heterocycles. The molecule has 0 N–H and O–H groups in total. The predicted molar refractivity (Wildman–Crippen MR) is 165 cm³/mol. The van der Waals surface area contributed by atoms with Crippen LogP contribution in [0.15, 0.2) is 73.4 Å². The fourth-order valence-corrected chi connectivity index (χ4v) is 5.71. The van der Waals surface area contributed by atoms with Gasteiger partial charge in [0.1, 0.15) is 12.4 Å². The molecule has 1 aromatic heterocycles. The van der Waals surface area contributed by atoms with Crippen molar-refractivity contribution in [3.05, 3.63) is 101 Å². The molecule has 0 saturated heterocycles. The fraction of sp³-hybridized carbons (Fsp3) is 0.300. The average molecular weight is 684 g/mol. The van der Waals surface area contributed by atoms with E-state index in [0.29, 0.717) is 44.9 Å². The zero-order valence-electron chi connectivity index (χ0n) is 22.4. The summed E-state index contributed by atoms with van der Waals surface area (Å²) >= 11 is 7.07. The lowest BCUT2D eigenvalue weighted by Gasteiger charge is -2.22. The highest BCUT2D eigenvalue weighted by atomic mass is 79.9. The summed E-state index contributed by atoms with van der Waals surface area (Å²) in [5.74, 6) is 1.87. The van der Waals surface area contributed by atoms with Gasteiger partial charge in [0.05, 0.1) is 28.6 Å². The van der Waals surface area contributed by atoms with Gasteiger partial charge in [-0.25, -0.2) is 4.98 Å². The van der Waals surface area contributed by atoms with Crippen molar-refractivity contribution < 1.29 is 14.4 Å². The van der Waals surface area contributed by atoms with Crippen molar-refractivity contribution in [1.29, 1.82) is 0 Å². The van der Waals surface area contributed by atoms with Crippen LogP contribution in [0, 0.1) is 10.1 Å². The van der Waals surface area contributed by atoms with E-state index in [2.05, 4.69) is 37.0 Å². The maximum Gasteiger partial charge on any atom is 0.282 e. The molecule has 212 valence electrons. The molecule has 0 radical (unpaired) electrons. The van der Waals surface area contributed by atoms with Crippen LogP contribution in [0.1, 0.15) is 61.9 Å². The van der Waals surface area contributed by atoms with E-state index in [1.54, 1.807) is 36.5 Å². The van der Waals surface area contributed by atoms with Gasteiger partial charge in [-0.05, 0) is 83.7 Å². The predicted octanol–water partition coefficient (Wildman–Crippen LogP) is 7.74. The standard InChI is InChI=1S/C30H28Br2N4O5/c1-2-40-27-14-21(25(32)16-28(27)41-18-19-8-11-23(12-9-19)36(38)39)17-33-35-29(20-6-4-3-5-7-20)34-26-13-10-22(31)15-24(26)30(35)37/h8-17,20H,2-7,18H2,1H3. The van der Waals surface area contributed by atoms with Crippen LogP contribution in [-0.2, 0) is 6.61 Å². The van der Waals surface area contributed by atoms with Gasteiger partial charge in [0, 0.05) is 32.6 Å². The Bertz CT molecular complexity index is 1660. The third-order valence-electron chi connectivity index (χ3n) is 7.02. The Morgan fingerprint density at radius 1 is 1.05 bits per heavy atom. The van der Waals surface area contributed by atoms with Crippen LogP contribution in [0.4, 0.5) is 5.69 Å². The minimum absolute atomic E-state index is 0.0233. The highest BCUT2D eigenvalue weighted by Gasteiger charge is 2.23. The first-order valence-electron chi connectivity index (χ1n) is 13.4. The summed E-state index contributed by atoms with van der Waals surface area (Å²) in [5, 5.41) is 16.1. The summed E-state index contributed by atoms with van der Waals surface area (Å²) in [4.78, 5) is 29.0. The second kappa shape index (κ2) is 12.9. The number of hydrogen-bond acceptors (Lipinski definition) is 7. The van der Waals surface area contributed by atoms with Gasteiger partial charge in [-0.15, -0.1) is 0 Å². The van der Waals surface area contributed by atoms with Crippen LogP contribution in [0.5, 0.6) is 11.5 Å². The van der Waals surface area contributed by atoms with Crippen molar-refractivity contribution >= 4 is 54.7 Å². The summed E-state index contributed by atoms with van der Waals surface area (Å²) in [6, 6.07) is 15.3. The minimum Gasteiger partial charge on any atom is -0.490 e. The molecular weight excluding hydrogens is 656 g/mol. The molecule has 11 heteroatoms. The van der Waals surface area contributed by atoms with Crippen molar-refractivity contribution in [2.45, 2.75) is 51.6 Å². The van der Waals surface area contributed by atoms with Gasteiger partial charge >= 0.3 is 0 Å². The smallest absolute Gasteiger partial charge is 0.282 e. The third kappa shape index (κ3) is 6.68. The number of ether oxygens (including phenoxy) is 2. The highest BCUT2D eigenvalue weighted by Crippen LogP contribution is 2.35. The molecular formula is C30H28Br2N4O5. The average Bonchev–Trinajstić information content (AvgIpc) is 2.98. The molecule has 9 nitrogen and oxygen atoms in total. The van der Waals surface area contributed by atoms with Crippen LogP contribution >= 0.6 is 31.9 Å². The van der Waals surface area contributed by atoms with Crippen molar-refractivity contribution in [3.8, 4) is 11.5 Å². The Kier molecular flexibility index (Phi) is 9.14. The third-order valence-corrected chi connectivity index (χ3v) is 8.20. The Balaban J connectivity index is 1.47. The summed E-state index contributed by atoms with van der Waals surface area (Å²) in [7, 11) is 0. The van der Waals surface area contributed by atoms with Gasteiger partial charge in [0.25, 0.3) is 11.2 Å². The lowest BCUT2D eigenvalue weighted by molar-refractivity contribution is -0.384. The fourth-order valence-electron chi connectivity index (χ4n) is 4.93. The number of halogens is 2. The molecule has 5 rings (SSSR count). The quantitative estimate of drug-likeness (QED) is 0.101. The highest BCUT2D eigenvalue weighted by molar-refractivity contribution is 9.10. The van der Waals surface area contributed by atoms with Gasteiger partial charge in [0.2, 0.25) is 0 Å². The van der Waals surface area contributed by atoms with Crippen LogP contribution in [-0.4, -0.2) is 27.4 Å². The Labute approximate surface area is 253 Å². The number of hydrogen-bond donors (Lipinski definition) is 0. The number of aromatic nitrogens is 2. The number of benzene rings is 3. The van der Waals surface area contributed by atoms with Crippen LogP contribution in [0.2, 0.25) is 0 Å². The molecule has 1 aliphatic carbocycles. The van der Waals surface area contributed by atoms with Crippen molar-refractivity contribution in [3.63, 3.8) is 0 Å². The van der Waals surface area contributed by atoms with E-state index < -0.39 is 4.92 Å². The largest absolute Gasteiger partial charge is 0.490 e. The summed E-state index contributed by atoms with van der Waals surface area (Å²) in [5.41, 5.74) is 1.96. The first-order valence-corrected chi connectivity index (χ1v) is 15.0. The Morgan fingerprint density at radius 2 is 1.78 bits per heavy atom. The SMILES string of the molecule is CCOc1cc(C=Nn2c(C3CCCCC3)nc3ccc(Br)cc3c2=O)c(Br)cc1OCc1ccc([N+](=O)[O-])cc1. The van der Waals surface area contributed by atoms with Gasteiger partial charge in [-0.3, -0.25) is 14.9 Å². The Morgan fingerprint density at radius 3 is 2.49 bits per heavy atom. The molecule has 4 aromatic rings. The number of fused-ring (bicyclic) bond motifs is 1. The molecule has 41 heavy (non-hydrogen) atoms. The van der Waals surface area contributed by atoms with Gasteiger partial charge in [-0.2, -0.15) is 9.78 Å². The molecule has 1 heterocycles. The van der Waals surface area contributed by atoms with Crippen molar-refractivity contribution in [1.82, 2.24) is 9.66 Å². The molecule has 1 fully saturated rings. The van der Waals surface area contributed by atoms with Gasteiger partial charge in [0.15, 0.2) is 11.5 Å². The normalized spacial score (nSPS) is 14.0. The number of nitrogens with zero attached hydrogens (tertiary/aromatic N) is 4. The zero-order valence-corrected chi connectivity index (χ0v) is 25.6. The summed E-state index contributed by atoms with van der Waals surface area (Å²) < 4.78 is 14.8. The second-order valence-corrected chi connectivity index (χ2v) is 11.6. The van der Waals surface area contributed by atoms with Gasteiger partial charge in [-0.1, -0.05) is 35.2 Å². The van der Waals surface area contributed by atoms with Crippen LogP contribution in [0.3, 0.4) is 0 Å². The first kappa shape index (κ1) is 28.9.